The van der Waals surface area contributed by atoms with Gasteiger partial charge in [0.05, 0.1) is 11.9 Å². The fourth-order valence-electron chi connectivity index (χ4n) is 1.46. The molecule has 90 valence electrons. The third-order valence-electron chi connectivity index (χ3n) is 2.32. The Morgan fingerprint density at radius 1 is 1.24 bits per heavy atom. The van der Waals surface area contributed by atoms with Gasteiger partial charge in [-0.25, -0.2) is 0 Å². The van der Waals surface area contributed by atoms with Crippen LogP contribution < -0.4 is 4.74 Å². The highest BCUT2D eigenvalue weighted by atomic mass is 79.9. The summed E-state index contributed by atoms with van der Waals surface area (Å²) < 4.78 is 10.4. The molecular formula is C12H9BrCl2O2. The first kappa shape index (κ1) is 12.8. The molecule has 2 nitrogen and oxygen atoms in total. The highest BCUT2D eigenvalue weighted by Crippen LogP contribution is 2.37. The Morgan fingerprint density at radius 3 is 2.53 bits per heavy atom. The summed E-state index contributed by atoms with van der Waals surface area (Å²) in [6.07, 6.45) is 0. The number of alkyl halides is 1. The number of methoxy groups -OCH3 is 1. The molecule has 1 atom stereocenters. The predicted octanol–water partition coefficient (Wildman–Crippen LogP) is 5.08. The van der Waals surface area contributed by atoms with Crippen molar-refractivity contribution in [1.29, 1.82) is 0 Å². The van der Waals surface area contributed by atoms with Crippen molar-refractivity contribution in [1.82, 2.24) is 0 Å². The van der Waals surface area contributed by atoms with Crippen LogP contribution in [0.15, 0.2) is 34.7 Å². The van der Waals surface area contributed by atoms with Crippen molar-refractivity contribution in [2.45, 2.75) is 4.83 Å². The third kappa shape index (κ3) is 2.79. The number of furan rings is 1. The number of halogens is 3. The van der Waals surface area contributed by atoms with E-state index in [0.717, 1.165) is 11.3 Å². The number of benzene rings is 1. The SMILES string of the molecule is COc1ccc(C(Br)c2ccc(Cl)o2)c(Cl)c1. The molecule has 0 N–H and O–H groups in total. The van der Waals surface area contributed by atoms with Crippen molar-refractivity contribution >= 4 is 39.1 Å². The highest BCUT2D eigenvalue weighted by Gasteiger charge is 2.17. The average Bonchev–Trinajstić information content (AvgIpc) is 2.75. The zero-order valence-corrected chi connectivity index (χ0v) is 12.0. The molecule has 0 aliphatic heterocycles. The molecular weight excluding hydrogens is 327 g/mol. The van der Waals surface area contributed by atoms with Crippen LogP contribution in [0.3, 0.4) is 0 Å². The first-order valence-corrected chi connectivity index (χ1v) is 6.51. The van der Waals surface area contributed by atoms with E-state index in [1.54, 1.807) is 19.2 Å². The van der Waals surface area contributed by atoms with Crippen LogP contribution in [-0.2, 0) is 0 Å². The Morgan fingerprint density at radius 2 is 2.00 bits per heavy atom. The van der Waals surface area contributed by atoms with Gasteiger partial charge in [0.15, 0.2) is 5.22 Å². The van der Waals surface area contributed by atoms with Crippen LogP contribution in [0.4, 0.5) is 0 Å². The Kier molecular flexibility index (Phi) is 4.02. The molecule has 0 spiro atoms. The van der Waals surface area contributed by atoms with E-state index in [1.807, 2.05) is 18.2 Å². The molecule has 0 aliphatic rings. The van der Waals surface area contributed by atoms with Crippen LogP contribution in [0, 0.1) is 0 Å². The Hall–Kier alpha value is -0.640. The van der Waals surface area contributed by atoms with Gasteiger partial charge in [0.1, 0.15) is 11.5 Å². The maximum Gasteiger partial charge on any atom is 0.193 e. The van der Waals surface area contributed by atoms with Crippen molar-refractivity contribution in [2.75, 3.05) is 7.11 Å². The minimum atomic E-state index is -0.131. The zero-order valence-electron chi connectivity index (χ0n) is 8.91. The largest absolute Gasteiger partial charge is 0.497 e. The van der Waals surface area contributed by atoms with E-state index in [-0.39, 0.29) is 4.83 Å². The molecule has 5 heteroatoms. The normalized spacial score (nSPS) is 12.5. The van der Waals surface area contributed by atoms with E-state index in [9.17, 15) is 0 Å². The number of hydrogen-bond donors (Lipinski definition) is 0. The van der Waals surface area contributed by atoms with Gasteiger partial charge in [-0.15, -0.1) is 0 Å². The Bertz CT molecular complexity index is 525. The second kappa shape index (κ2) is 5.34. The molecule has 0 aliphatic carbocycles. The molecule has 2 aromatic rings. The molecule has 2 rings (SSSR count). The van der Waals surface area contributed by atoms with Crippen molar-refractivity contribution in [3.05, 3.63) is 51.9 Å². The van der Waals surface area contributed by atoms with Gasteiger partial charge in [0.25, 0.3) is 0 Å². The molecule has 1 aromatic carbocycles. The van der Waals surface area contributed by atoms with Gasteiger partial charge in [-0.05, 0) is 41.4 Å². The minimum absolute atomic E-state index is 0.131. The lowest BCUT2D eigenvalue weighted by Crippen LogP contribution is -1.93. The molecule has 17 heavy (non-hydrogen) atoms. The van der Waals surface area contributed by atoms with Gasteiger partial charge in [-0.2, -0.15) is 0 Å². The molecule has 0 radical (unpaired) electrons. The first-order valence-electron chi connectivity index (χ1n) is 4.84. The Balaban J connectivity index is 2.34. The molecule has 0 fully saturated rings. The second-order valence-electron chi connectivity index (χ2n) is 3.39. The summed E-state index contributed by atoms with van der Waals surface area (Å²) in [6.45, 7) is 0. The van der Waals surface area contributed by atoms with E-state index >= 15 is 0 Å². The summed E-state index contributed by atoms with van der Waals surface area (Å²) in [7, 11) is 1.60. The molecule has 1 aromatic heterocycles. The lowest BCUT2D eigenvalue weighted by atomic mass is 10.1. The van der Waals surface area contributed by atoms with E-state index in [0.29, 0.717) is 16.0 Å². The number of hydrogen-bond acceptors (Lipinski definition) is 2. The summed E-state index contributed by atoms with van der Waals surface area (Å²) in [6, 6.07) is 9.00. The van der Waals surface area contributed by atoms with Gasteiger partial charge in [-0.1, -0.05) is 33.6 Å². The molecule has 1 unspecified atom stereocenters. The smallest absolute Gasteiger partial charge is 0.193 e. The maximum absolute atomic E-state index is 6.18. The minimum Gasteiger partial charge on any atom is -0.497 e. The van der Waals surface area contributed by atoms with E-state index < -0.39 is 0 Å². The van der Waals surface area contributed by atoms with Crippen LogP contribution in [0.1, 0.15) is 16.2 Å². The monoisotopic (exact) mass is 334 g/mol. The van der Waals surface area contributed by atoms with Crippen molar-refractivity contribution in [3.63, 3.8) is 0 Å². The fraction of sp³-hybridized carbons (Fsp3) is 0.167. The van der Waals surface area contributed by atoms with E-state index in [4.69, 9.17) is 32.4 Å². The summed E-state index contributed by atoms with van der Waals surface area (Å²) in [5.41, 5.74) is 0.901. The summed E-state index contributed by atoms with van der Waals surface area (Å²) >= 11 is 15.4. The van der Waals surface area contributed by atoms with Crippen LogP contribution in [0.2, 0.25) is 10.2 Å². The van der Waals surface area contributed by atoms with Gasteiger partial charge in [-0.3, -0.25) is 0 Å². The summed E-state index contributed by atoms with van der Waals surface area (Å²) in [5, 5.41) is 0.966. The summed E-state index contributed by atoms with van der Waals surface area (Å²) in [5.74, 6) is 1.43. The van der Waals surface area contributed by atoms with Gasteiger partial charge < -0.3 is 9.15 Å². The lowest BCUT2D eigenvalue weighted by Gasteiger charge is -2.10. The van der Waals surface area contributed by atoms with Crippen molar-refractivity contribution in [3.8, 4) is 5.75 Å². The zero-order chi connectivity index (χ0) is 12.4. The van der Waals surface area contributed by atoms with Crippen LogP contribution >= 0.6 is 39.1 Å². The number of rotatable bonds is 3. The highest BCUT2D eigenvalue weighted by molar-refractivity contribution is 9.09. The molecule has 0 bridgehead atoms. The maximum atomic E-state index is 6.18. The van der Waals surface area contributed by atoms with Crippen LogP contribution in [0.5, 0.6) is 5.75 Å². The fourth-order valence-corrected chi connectivity index (χ4v) is 2.67. The lowest BCUT2D eigenvalue weighted by molar-refractivity contribution is 0.414. The molecule has 1 heterocycles. The van der Waals surface area contributed by atoms with Gasteiger partial charge >= 0.3 is 0 Å². The first-order chi connectivity index (χ1) is 8.11. The quantitative estimate of drug-likeness (QED) is 0.730. The second-order valence-corrected chi connectivity index (χ2v) is 5.09. The van der Waals surface area contributed by atoms with Crippen molar-refractivity contribution in [2.24, 2.45) is 0 Å². The van der Waals surface area contributed by atoms with E-state index in [1.165, 1.54) is 0 Å². The predicted molar refractivity (Wildman–Crippen MR) is 72.5 cm³/mol. The molecule has 0 saturated carbocycles. The van der Waals surface area contributed by atoms with Gasteiger partial charge in [0, 0.05) is 5.02 Å². The average molecular weight is 336 g/mol. The van der Waals surface area contributed by atoms with E-state index in [2.05, 4.69) is 15.9 Å². The standard InChI is InChI=1S/C12H9BrCl2O2/c1-16-7-2-3-8(9(14)6-7)12(13)10-4-5-11(15)17-10/h2-6,12H,1H3. The van der Waals surface area contributed by atoms with Crippen molar-refractivity contribution < 1.29 is 9.15 Å². The molecule has 0 amide bonds. The number of ether oxygens (including phenoxy) is 1. The Labute approximate surface area is 118 Å². The topological polar surface area (TPSA) is 22.4 Å². The van der Waals surface area contributed by atoms with Crippen LogP contribution in [-0.4, -0.2) is 7.11 Å². The molecule has 0 saturated heterocycles. The van der Waals surface area contributed by atoms with Crippen LogP contribution in [0.25, 0.3) is 0 Å². The van der Waals surface area contributed by atoms with Gasteiger partial charge in [0.2, 0.25) is 0 Å². The summed E-state index contributed by atoms with van der Waals surface area (Å²) in [4.78, 5) is -0.131. The third-order valence-corrected chi connectivity index (χ3v) is 3.80.